The lowest BCUT2D eigenvalue weighted by Gasteiger charge is -2.25. The van der Waals surface area contributed by atoms with Crippen LogP contribution in [0.2, 0.25) is 0 Å². The Morgan fingerprint density at radius 3 is 2.72 bits per heavy atom. The Morgan fingerprint density at radius 2 is 2.06 bits per heavy atom. The number of hydrogen-bond donors (Lipinski definition) is 1. The summed E-state index contributed by atoms with van der Waals surface area (Å²) in [5, 5.41) is 0. The molecule has 0 saturated carbocycles. The molecule has 2 rings (SSSR count). The highest BCUT2D eigenvalue weighted by molar-refractivity contribution is 14.1. The summed E-state index contributed by atoms with van der Waals surface area (Å²) in [4.78, 5) is 2.47. The summed E-state index contributed by atoms with van der Waals surface area (Å²) < 4.78 is 1.21. The van der Waals surface area contributed by atoms with Crippen LogP contribution in [-0.2, 0) is 0 Å². The predicted molar refractivity (Wildman–Crippen MR) is 88.0 cm³/mol. The van der Waals surface area contributed by atoms with Crippen molar-refractivity contribution >= 4 is 34.0 Å². The molecule has 1 aliphatic heterocycles. The summed E-state index contributed by atoms with van der Waals surface area (Å²) in [6.07, 6.45) is 3.94. The van der Waals surface area contributed by atoms with Crippen LogP contribution >= 0.6 is 22.6 Å². The largest absolute Gasteiger partial charge is 0.397 e. The van der Waals surface area contributed by atoms with Crippen LogP contribution in [-0.4, -0.2) is 13.1 Å². The molecule has 1 unspecified atom stereocenters. The highest BCUT2D eigenvalue weighted by Crippen LogP contribution is 2.30. The van der Waals surface area contributed by atoms with Crippen LogP contribution in [0.15, 0.2) is 18.2 Å². The number of halogens is 1. The van der Waals surface area contributed by atoms with E-state index < -0.39 is 0 Å². The minimum absolute atomic E-state index is 0.805. The molecule has 0 spiro atoms. The van der Waals surface area contributed by atoms with Gasteiger partial charge in [-0.05, 0) is 71.9 Å². The topological polar surface area (TPSA) is 29.3 Å². The summed E-state index contributed by atoms with van der Waals surface area (Å²) in [5.74, 6) is 1.68. The zero-order valence-electron chi connectivity index (χ0n) is 11.3. The minimum Gasteiger partial charge on any atom is -0.397 e. The number of rotatable bonds is 2. The molecule has 1 fully saturated rings. The molecule has 2 nitrogen and oxygen atoms in total. The van der Waals surface area contributed by atoms with E-state index in [1.807, 2.05) is 0 Å². The number of nitrogens with two attached hydrogens (primary N) is 1. The van der Waals surface area contributed by atoms with Crippen LogP contribution in [0.3, 0.4) is 0 Å². The molecule has 1 aliphatic rings. The summed E-state index contributed by atoms with van der Waals surface area (Å²) in [5.41, 5.74) is 8.29. The summed E-state index contributed by atoms with van der Waals surface area (Å²) in [6.45, 7) is 6.99. The molecule has 1 atom stereocenters. The lowest BCUT2D eigenvalue weighted by Crippen LogP contribution is -2.25. The molecule has 0 bridgehead atoms. The maximum absolute atomic E-state index is 6.15. The first-order valence-corrected chi connectivity index (χ1v) is 7.96. The van der Waals surface area contributed by atoms with Crippen molar-refractivity contribution < 1.29 is 0 Å². The molecule has 0 aromatic heterocycles. The van der Waals surface area contributed by atoms with E-state index in [0.717, 1.165) is 30.6 Å². The fourth-order valence-electron chi connectivity index (χ4n) is 2.84. The quantitative estimate of drug-likeness (QED) is 0.636. The fraction of sp³-hybridized carbons (Fsp3) is 0.600. The summed E-state index contributed by atoms with van der Waals surface area (Å²) in [7, 11) is 0. The average Bonchev–Trinajstić information content (AvgIpc) is 2.54. The third-order valence-electron chi connectivity index (χ3n) is 4.05. The van der Waals surface area contributed by atoms with Gasteiger partial charge in [0, 0.05) is 16.7 Å². The van der Waals surface area contributed by atoms with Gasteiger partial charge in [-0.1, -0.05) is 13.8 Å². The van der Waals surface area contributed by atoms with E-state index >= 15 is 0 Å². The molecule has 2 N–H and O–H groups in total. The maximum Gasteiger partial charge on any atom is 0.0600 e. The van der Waals surface area contributed by atoms with E-state index in [2.05, 4.69) is 59.5 Å². The molecule has 1 aromatic rings. The third-order valence-corrected chi connectivity index (χ3v) is 4.72. The maximum atomic E-state index is 6.15. The second kappa shape index (κ2) is 6.13. The standard InChI is InChI=1S/C15H23IN2/c1-11(2)12-4-3-8-18(9-7-12)15-6-5-13(16)10-14(15)17/h5-6,10-12H,3-4,7-9,17H2,1-2H3. The van der Waals surface area contributed by atoms with Crippen molar-refractivity contribution in [2.24, 2.45) is 11.8 Å². The van der Waals surface area contributed by atoms with Crippen LogP contribution in [0, 0.1) is 15.4 Å². The Hall–Kier alpha value is -0.450. The second-order valence-electron chi connectivity index (χ2n) is 5.63. The summed E-state index contributed by atoms with van der Waals surface area (Å²) in [6, 6.07) is 6.39. The molecular formula is C15H23IN2. The first kappa shape index (κ1) is 14.0. The van der Waals surface area contributed by atoms with Gasteiger partial charge >= 0.3 is 0 Å². The van der Waals surface area contributed by atoms with Crippen molar-refractivity contribution in [2.75, 3.05) is 23.7 Å². The molecule has 1 heterocycles. The second-order valence-corrected chi connectivity index (χ2v) is 6.87. The van der Waals surface area contributed by atoms with Gasteiger partial charge in [0.25, 0.3) is 0 Å². The van der Waals surface area contributed by atoms with Crippen LogP contribution in [0.4, 0.5) is 11.4 Å². The molecule has 0 aliphatic carbocycles. The Labute approximate surface area is 124 Å². The van der Waals surface area contributed by atoms with Crippen LogP contribution in [0.5, 0.6) is 0 Å². The Kier molecular flexibility index (Phi) is 4.76. The van der Waals surface area contributed by atoms with Crippen molar-refractivity contribution in [2.45, 2.75) is 33.1 Å². The zero-order valence-corrected chi connectivity index (χ0v) is 13.5. The molecule has 3 heteroatoms. The van der Waals surface area contributed by atoms with Crippen molar-refractivity contribution in [3.05, 3.63) is 21.8 Å². The van der Waals surface area contributed by atoms with Crippen LogP contribution in [0.25, 0.3) is 0 Å². The van der Waals surface area contributed by atoms with Gasteiger partial charge in [0.05, 0.1) is 11.4 Å². The van der Waals surface area contributed by atoms with Crippen molar-refractivity contribution in [1.82, 2.24) is 0 Å². The van der Waals surface area contributed by atoms with E-state index in [9.17, 15) is 0 Å². The molecule has 100 valence electrons. The molecule has 18 heavy (non-hydrogen) atoms. The Morgan fingerprint density at radius 1 is 1.28 bits per heavy atom. The molecular weight excluding hydrogens is 335 g/mol. The van der Waals surface area contributed by atoms with Crippen molar-refractivity contribution in [3.8, 4) is 0 Å². The van der Waals surface area contributed by atoms with Gasteiger partial charge in [-0.25, -0.2) is 0 Å². The van der Waals surface area contributed by atoms with E-state index in [0.29, 0.717) is 0 Å². The van der Waals surface area contributed by atoms with Crippen molar-refractivity contribution in [3.63, 3.8) is 0 Å². The molecule has 0 radical (unpaired) electrons. The van der Waals surface area contributed by atoms with Crippen LogP contribution < -0.4 is 10.6 Å². The first-order valence-electron chi connectivity index (χ1n) is 6.88. The number of benzene rings is 1. The monoisotopic (exact) mass is 358 g/mol. The van der Waals surface area contributed by atoms with E-state index in [1.54, 1.807) is 0 Å². The first-order chi connectivity index (χ1) is 8.58. The summed E-state index contributed by atoms with van der Waals surface area (Å²) >= 11 is 2.31. The lowest BCUT2D eigenvalue weighted by molar-refractivity contribution is 0.351. The number of hydrogen-bond acceptors (Lipinski definition) is 2. The average molecular weight is 358 g/mol. The Bertz CT molecular complexity index is 403. The van der Waals surface area contributed by atoms with Crippen LogP contribution in [0.1, 0.15) is 33.1 Å². The van der Waals surface area contributed by atoms with E-state index in [-0.39, 0.29) is 0 Å². The van der Waals surface area contributed by atoms with E-state index in [1.165, 1.54) is 28.5 Å². The number of anilines is 2. The SMILES string of the molecule is CC(C)C1CCCN(c2ccc(I)cc2N)CC1. The van der Waals surface area contributed by atoms with Gasteiger partial charge in [-0.15, -0.1) is 0 Å². The highest BCUT2D eigenvalue weighted by Gasteiger charge is 2.20. The van der Waals surface area contributed by atoms with Gasteiger partial charge in [-0.2, -0.15) is 0 Å². The molecule has 1 saturated heterocycles. The fourth-order valence-corrected chi connectivity index (χ4v) is 3.36. The normalized spacial score (nSPS) is 21.1. The van der Waals surface area contributed by atoms with Gasteiger partial charge in [0.1, 0.15) is 0 Å². The Balaban J connectivity index is 2.10. The third kappa shape index (κ3) is 3.31. The lowest BCUT2D eigenvalue weighted by atomic mass is 9.89. The molecule has 1 aromatic carbocycles. The van der Waals surface area contributed by atoms with Crippen molar-refractivity contribution in [1.29, 1.82) is 0 Å². The number of nitrogen functional groups attached to an aromatic ring is 1. The van der Waals surface area contributed by atoms with Gasteiger partial charge in [0.15, 0.2) is 0 Å². The highest BCUT2D eigenvalue weighted by atomic mass is 127. The predicted octanol–water partition coefficient (Wildman–Crippen LogP) is 4.14. The number of nitrogens with zero attached hydrogens (tertiary/aromatic N) is 1. The smallest absolute Gasteiger partial charge is 0.0600 e. The minimum atomic E-state index is 0.805. The van der Waals surface area contributed by atoms with Gasteiger partial charge in [-0.3, -0.25) is 0 Å². The van der Waals surface area contributed by atoms with Gasteiger partial charge in [0.2, 0.25) is 0 Å². The molecule has 0 amide bonds. The van der Waals surface area contributed by atoms with E-state index in [4.69, 9.17) is 5.73 Å². The van der Waals surface area contributed by atoms with Gasteiger partial charge < -0.3 is 10.6 Å². The zero-order chi connectivity index (χ0) is 13.1.